The van der Waals surface area contributed by atoms with Gasteiger partial charge in [-0.15, -0.1) is 11.3 Å². The van der Waals surface area contributed by atoms with Crippen LogP contribution in [-0.4, -0.2) is 32.6 Å². The maximum absolute atomic E-state index is 12.5. The average Bonchev–Trinajstić information content (AvgIpc) is 2.74. The van der Waals surface area contributed by atoms with E-state index in [1.807, 2.05) is 20.8 Å². The van der Waals surface area contributed by atoms with Crippen LogP contribution in [0.1, 0.15) is 58.3 Å². The minimum Gasteiger partial charge on any atom is -0.498 e. The third kappa shape index (κ3) is 3.04. The number of fused-ring (bicyclic) bond motifs is 1. The van der Waals surface area contributed by atoms with E-state index in [-0.39, 0.29) is 10.0 Å². The highest BCUT2D eigenvalue weighted by atomic mass is 79.9. The van der Waals surface area contributed by atoms with Crippen molar-refractivity contribution in [2.24, 2.45) is 0 Å². The van der Waals surface area contributed by atoms with Gasteiger partial charge in [-0.2, -0.15) is 0 Å². The van der Waals surface area contributed by atoms with Crippen LogP contribution in [0.2, 0.25) is 0 Å². The van der Waals surface area contributed by atoms with Gasteiger partial charge in [0, 0.05) is 6.42 Å². The number of aromatic amines is 1. The molecule has 0 aromatic carbocycles. The minimum absolute atomic E-state index is 0.216. The fraction of sp³-hybridized carbons (Fsp3) is 0.588. The lowest BCUT2D eigenvalue weighted by Gasteiger charge is -2.51. The molecule has 1 N–H and O–H groups in total. The Kier molecular flexibility index (Phi) is 4.81. The smallest absolute Gasteiger partial charge is 0.269 e. The first-order valence-corrected chi connectivity index (χ1v) is 10.1. The van der Waals surface area contributed by atoms with Gasteiger partial charge in [0.1, 0.15) is 4.70 Å². The number of hydrogen-bond donors (Lipinski definition) is 1. The number of rotatable bonds is 1. The summed E-state index contributed by atoms with van der Waals surface area (Å²) in [7, 11) is 0. The monoisotopic (exact) mass is 427 g/mol. The van der Waals surface area contributed by atoms with Crippen molar-refractivity contribution in [3.05, 3.63) is 26.0 Å². The van der Waals surface area contributed by atoms with Gasteiger partial charge in [0.15, 0.2) is 11.9 Å². The van der Waals surface area contributed by atoms with E-state index in [4.69, 9.17) is 0 Å². The maximum atomic E-state index is 12.5. The van der Waals surface area contributed by atoms with Crippen LogP contribution in [0.25, 0.3) is 10.2 Å². The molecule has 0 spiro atoms. The molecule has 1 aliphatic rings. The van der Waals surface area contributed by atoms with Gasteiger partial charge >= 0.3 is 0 Å². The van der Waals surface area contributed by atoms with Crippen molar-refractivity contribution < 1.29 is 14.4 Å². The normalized spacial score (nSPS) is 25.0. The Morgan fingerprint density at radius 3 is 2.76 bits per heavy atom. The van der Waals surface area contributed by atoms with E-state index in [0.29, 0.717) is 29.0 Å². The molecule has 2 aromatic heterocycles. The van der Waals surface area contributed by atoms with Crippen molar-refractivity contribution in [2.75, 3.05) is 6.54 Å². The van der Waals surface area contributed by atoms with E-state index >= 15 is 0 Å². The van der Waals surface area contributed by atoms with Crippen molar-refractivity contribution in [2.45, 2.75) is 58.0 Å². The summed E-state index contributed by atoms with van der Waals surface area (Å²) in [5.41, 5.74) is -0.188. The Morgan fingerprint density at radius 1 is 1.40 bits per heavy atom. The third-order valence-electron chi connectivity index (χ3n) is 5.23. The van der Waals surface area contributed by atoms with Crippen LogP contribution in [0.3, 0.4) is 0 Å². The molecule has 6 nitrogen and oxygen atoms in total. The van der Waals surface area contributed by atoms with Gasteiger partial charge in [-0.05, 0) is 62.0 Å². The molecule has 1 aliphatic heterocycles. The Hall–Kier alpha value is -1.25. The summed E-state index contributed by atoms with van der Waals surface area (Å²) in [6.45, 7) is 6.22. The van der Waals surface area contributed by atoms with Gasteiger partial charge in [-0.3, -0.25) is 9.28 Å². The molecule has 0 saturated carbocycles. The number of nitrogens with zero attached hydrogens (tertiary/aromatic N) is 2. The third-order valence-corrected chi connectivity index (χ3v) is 6.86. The van der Waals surface area contributed by atoms with Crippen molar-refractivity contribution in [1.29, 1.82) is 0 Å². The lowest BCUT2D eigenvalue weighted by atomic mass is 9.95. The molecule has 0 aliphatic carbocycles. The molecule has 1 saturated heterocycles. The minimum atomic E-state index is -1.10. The molecule has 1 unspecified atom stereocenters. The Morgan fingerprint density at radius 2 is 2.12 bits per heavy atom. The van der Waals surface area contributed by atoms with Gasteiger partial charge in [-0.25, -0.2) is 4.98 Å². The molecule has 8 heteroatoms. The SMILES string of the molecule is CC(C)(C)[N+]1(C(=O)[O-])CCCCC[C@@H]1c1nc2cc(Br)sc2c(=O)[nH]1. The molecular weight excluding hydrogens is 406 g/mol. The van der Waals surface area contributed by atoms with E-state index in [9.17, 15) is 14.7 Å². The van der Waals surface area contributed by atoms with Gasteiger partial charge in [0.25, 0.3) is 11.7 Å². The number of carbonyl (C=O) groups is 1. The quantitative estimate of drug-likeness (QED) is 0.707. The maximum Gasteiger partial charge on any atom is 0.269 e. The van der Waals surface area contributed by atoms with E-state index in [1.165, 1.54) is 11.3 Å². The lowest BCUT2D eigenvalue weighted by Crippen LogP contribution is -2.69. The molecule has 0 bridgehead atoms. The zero-order valence-corrected chi connectivity index (χ0v) is 17.0. The second kappa shape index (κ2) is 6.48. The number of quaternary nitrogens is 1. The fourth-order valence-electron chi connectivity index (χ4n) is 3.98. The summed E-state index contributed by atoms with van der Waals surface area (Å²) in [6, 6.07) is 1.38. The van der Waals surface area contributed by atoms with Crippen LogP contribution in [0.15, 0.2) is 14.6 Å². The van der Waals surface area contributed by atoms with Crippen molar-refractivity contribution in [3.63, 3.8) is 0 Å². The molecule has 136 valence electrons. The number of aromatic nitrogens is 2. The molecule has 25 heavy (non-hydrogen) atoms. The van der Waals surface area contributed by atoms with E-state index in [0.717, 1.165) is 23.0 Å². The molecule has 1 amide bonds. The topological polar surface area (TPSA) is 85.9 Å². The fourth-order valence-corrected chi connectivity index (χ4v) is 5.40. The number of hydrogen-bond acceptors (Lipinski definition) is 5. The van der Waals surface area contributed by atoms with Crippen LogP contribution in [-0.2, 0) is 0 Å². The molecule has 0 radical (unpaired) electrons. The number of carbonyl (C=O) groups excluding carboxylic acids is 1. The predicted octanol–water partition coefficient (Wildman–Crippen LogP) is 3.32. The number of nitrogens with one attached hydrogen (secondary N) is 1. The lowest BCUT2D eigenvalue weighted by molar-refractivity contribution is -0.947. The number of halogens is 1. The number of thiophene rings is 1. The number of amides is 1. The summed E-state index contributed by atoms with van der Waals surface area (Å²) in [6.07, 6.45) is 2.25. The molecule has 3 rings (SSSR count). The average molecular weight is 428 g/mol. The molecule has 3 heterocycles. The Bertz CT molecular complexity index is 870. The highest BCUT2D eigenvalue weighted by Crippen LogP contribution is 2.42. The van der Waals surface area contributed by atoms with Crippen LogP contribution in [0, 0.1) is 0 Å². The molecule has 2 atom stereocenters. The summed E-state index contributed by atoms with van der Waals surface area (Å²) in [4.78, 5) is 32.3. The zero-order valence-electron chi connectivity index (χ0n) is 14.6. The van der Waals surface area contributed by atoms with Gasteiger partial charge in [-0.1, -0.05) is 0 Å². The largest absolute Gasteiger partial charge is 0.498 e. The summed E-state index contributed by atoms with van der Waals surface area (Å²) < 4.78 is 1.16. The van der Waals surface area contributed by atoms with E-state index in [1.54, 1.807) is 6.07 Å². The van der Waals surface area contributed by atoms with Crippen molar-refractivity contribution in [3.8, 4) is 0 Å². The first-order chi connectivity index (χ1) is 11.7. The van der Waals surface area contributed by atoms with Crippen LogP contribution >= 0.6 is 27.3 Å². The van der Waals surface area contributed by atoms with E-state index < -0.39 is 17.7 Å². The number of likely N-dealkylation sites (tertiary alicyclic amines) is 1. The van der Waals surface area contributed by atoms with Gasteiger partial charge in [0.05, 0.1) is 21.4 Å². The number of H-pyrrole nitrogens is 1. The highest BCUT2D eigenvalue weighted by Gasteiger charge is 2.51. The predicted molar refractivity (Wildman–Crippen MR) is 99.4 cm³/mol. The first kappa shape index (κ1) is 18.5. The molecular formula is C17H22BrN3O3S. The second-order valence-electron chi connectivity index (χ2n) is 7.61. The first-order valence-electron chi connectivity index (χ1n) is 8.45. The Labute approximate surface area is 158 Å². The summed E-state index contributed by atoms with van der Waals surface area (Å²) in [5, 5.41) is 12.3. The van der Waals surface area contributed by atoms with Gasteiger partial charge < -0.3 is 14.9 Å². The second-order valence-corrected chi connectivity index (χ2v) is 10.0. The standard InChI is InChI=1S/C17H22BrN3O3S/c1-17(2,3)21(16(23)24)8-6-4-5-7-11(21)14-19-10-9-12(18)25-13(10)15(22)20-14/h9,11H,4-8H2,1-3H3,(H-,19,20,22,23,24)/t11-,21?/m1/s1. The van der Waals surface area contributed by atoms with Crippen molar-refractivity contribution >= 4 is 43.6 Å². The summed E-state index contributed by atoms with van der Waals surface area (Å²) in [5.74, 6) is 0.448. The van der Waals surface area contributed by atoms with E-state index in [2.05, 4.69) is 25.9 Å². The van der Waals surface area contributed by atoms with Crippen LogP contribution in [0.4, 0.5) is 4.79 Å². The summed E-state index contributed by atoms with van der Waals surface area (Å²) >= 11 is 4.71. The molecule has 2 aromatic rings. The highest BCUT2D eigenvalue weighted by molar-refractivity contribution is 9.11. The van der Waals surface area contributed by atoms with Crippen LogP contribution < -0.4 is 10.7 Å². The van der Waals surface area contributed by atoms with Crippen LogP contribution in [0.5, 0.6) is 0 Å². The molecule has 1 fully saturated rings. The zero-order chi connectivity index (χ0) is 18.4. The van der Waals surface area contributed by atoms with Gasteiger partial charge in [0.2, 0.25) is 0 Å². The Balaban J connectivity index is 2.23. The van der Waals surface area contributed by atoms with Crippen molar-refractivity contribution in [1.82, 2.24) is 9.97 Å². The number of carboxylic acid groups (broad SMARTS) is 1.